The Kier molecular flexibility index (Phi) is 6.08. The predicted molar refractivity (Wildman–Crippen MR) is 83.7 cm³/mol. The van der Waals surface area contributed by atoms with Crippen LogP contribution in [0.25, 0.3) is 0 Å². The molecule has 0 aliphatic rings. The van der Waals surface area contributed by atoms with E-state index >= 15 is 0 Å². The molecule has 20 heavy (non-hydrogen) atoms. The van der Waals surface area contributed by atoms with Crippen LogP contribution in [-0.4, -0.2) is 27.1 Å². The normalized spacial score (nSPS) is 11.2. The second-order valence-corrected chi connectivity index (χ2v) is 6.26. The van der Waals surface area contributed by atoms with Crippen LogP contribution in [0, 0.1) is 5.92 Å². The van der Waals surface area contributed by atoms with Crippen molar-refractivity contribution in [2.75, 3.05) is 12.3 Å². The molecule has 0 unspecified atom stereocenters. The second kappa shape index (κ2) is 8.07. The van der Waals surface area contributed by atoms with Crippen molar-refractivity contribution >= 4 is 11.8 Å². The van der Waals surface area contributed by atoms with Crippen LogP contribution < -0.4 is 5.32 Å². The summed E-state index contributed by atoms with van der Waals surface area (Å²) in [6, 6.07) is 10.5. The monoisotopic (exact) mass is 290 g/mol. The molecule has 0 fully saturated rings. The summed E-state index contributed by atoms with van der Waals surface area (Å²) in [5, 5.41) is 7.69. The van der Waals surface area contributed by atoms with Crippen molar-refractivity contribution in [3.8, 4) is 0 Å². The van der Waals surface area contributed by atoms with Crippen molar-refractivity contribution in [3.05, 3.63) is 42.5 Å². The number of benzene rings is 1. The SMILES string of the molecule is CC(C)Cn1ncnc1CNCCSc1ccccc1. The van der Waals surface area contributed by atoms with Gasteiger partial charge in [-0.15, -0.1) is 11.8 Å². The zero-order chi connectivity index (χ0) is 14.2. The van der Waals surface area contributed by atoms with Crippen LogP contribution in [0.5, 0.6) is 0 Å². The summed E-state index contributed by atoms with van der Waals surface area (Å²) in [5.74, 6) is 2.66. The van der Waals surface area contributed by atoms with Gasteiger partial charge in [0.2, 0.25) is 0 Å². The smallest absolute Gasteiger partial charge is 0.140 e. The maximum Gasteiger partial charge on any atom is 0.140 e. The average Bonchev–Trinajstić information content (AvgIpc) is 2.86. The molecule has 1 N–H and O–H groups in total. The molecule has 0 amide bonds. The standard InChI is InChI=1S/C15H22N4S/c1-13(2)11-19-15(17-12-18-19)10-16-8-9-20-14-6-4-3-5-7-14/h3-7,12-13,16H,8-11H2,1-2H3. The van der Waals surface area contributed by atoms with E-state index in [1.54, 1.807) is 6.33 Å². The van der Waals surface area contributed by atoms with Gasteiger partial charge in [-0.1, -0.05) is 32.0 Å². The molecule has 0 bridgehead atoms. The number of aromatic nitrogens is 3. The highest BCUT2D eigenvalue weighted by Crippen LogP contribution is 2.15. The summed E-state index contributed by atoms with van der Waals surface area (Å²) in [6.45, 7) is 7.05. The zero-order valence-electron chi connectivity index (χ0n) is 12.1. The molecule has 4 nitrogen and oxygen atoms in total. The van der Waals surface area contributed by atoms with Crippen molar-refractivity contribution in [1.29, 1.82) is 0 Å². The molecular formula is C15H22N4S. The first-order valence-corrected chi connectivity index (χ1v) is 7.99. The van der Waals surface area contributed by atoms with Gasteiger partial charge in [-0.2, -0.15) is 5.10 Å². The Labute approximate surface area is 125 Å². The van der Waals surface area contributed by atoms with Gasteiger partial charge in [0, 0.05) is 23.7 Å². The number of hydrogen-bond acceptors (Lipinski definition) is 4. The molecule has 5 heteroatoms. The topological polar surface area (TPSA) is 42.7 Å². The Bertz CT molecular complexity index is 496. The molecule has 0 atom stereocenters. The van der Waals surface area contributed by atoms with Gasteiger partial charge in [0.1, 0.15) is 12.2 Å². The Morgan fingerprint density at radius 3 is 2.80 bits per heavy atom. The summed E-state index contributed by atoms with van der Waals surface area (Å²) in [5.41, 5.74) is 0. The van der Waals surface area contributed by atoms with Crippen molar-refractivity contribution < 1.29 is 0 Å². The van der Waals surface area contributed by atoms with E-state index in [9.17, 15) is 0 Å². The Morgan fingerprint density at radius 2 is 2.05 bits per heavy atom. The van der Waals surface area contributed by atoms with E-state index in [2.05, 4.69) is 53.5 Å². The van der Waals surface area contributed by atoms with E-state index < -0.39 is 0 Å². The van der Waals surface area contributed by atoms with E-state index in [1.807, 2.05) is 22.5 Å². The highest BCUT2D eigenvalue weighted by atomic mass is 32.2. The minimum atomic E-state index is 0.587. The summed E-state index contributed by atoms with van der Waals surface area (Å²) in [6.07, 6.45) is 1.64. The molecule has 0 aliphatic carbocycles. The number of thioether (sulfide) groups is 1. The van der Waals surface area contributed by atoms with E-state index in [4.69, 9.17) is 0 Å². The molecule has 0 radical (unpaired) electrons. The predicted octanol–water partition coefficient (Wildman–Crippen LogP) is 2.82. The van der Waals surface area contributed by atoms with Crippen molar-refractivity contribution in [1.82, 2.24) is 20.1 Å². The highest BCUT2D eigenvalue weighted by Gasteiger charge is 2.05. The van der Waals surface area contributed by atoms with Gasteiger partial charge in [0.05, 0.1) is 6.54 Å². The van der Waals surface area contributed by atoms with Gasteiger partial charge in [0.15, 0.2) is 0 Å². The highest BCUT2D eigenvalue weighted by molar-refractivity contribution is 7.99. The lowest BCUT2D eigenvalue weighted by atomic mass is 10.2. The third-order valence-corrected chi connectivity index (χ3v) is 3.82. The maximum atomic E-state index is 4.31. The molecular weight excluding hydrogens is 268 g/mol. The molecule has 1 aromatic carbocycles. The Balaban J connectivity index is 1.67. The molecule has 108 valence electrons. The molecule has 0 aliphatic heterocycles. The number of nitrogens with one attached hydrogen (secondary N) is 1. The number of rotatable bonds is 8. The minimum Gasteiger partial charge on any atom is -0.309 e. The molecule has 0 saturated heterocycles. The quantitative estimate of drug-likeness (QED) is 0.600. The molecule has 1 aromatic heterocycles. The third-order valence-electron chi connectivity index (χ3n) is 2.81. The first kappa shape index (κ1) is 15.1. The maximum absolute atomic E-state index is 4.31. The van der Waals surface area contributed by atoms with Crippen molar-refractivity contribution in [2.24, 2.45) is 5.92 Å². The fourth-order valence-corrected chi connectivity index (χ4v) is 2.71. The fraction of sp³-hybridized carbons (Fsp3) is 0.467. The van der Waals surface area contributed by atoms with Gasteiger partial charge in [-0.25, -0.2) is 9.67 Å². The summed E-state index contributed by atoms with van der Waals surface area (Å²) >= 11 is 1.87. The first-order valence-electron chi connectivity index (χ1n) is 7.01. The van der Waals surface area contributed by atoms with Gasteiger partial charge >= 0.3 is 0 Å². The van der Waals surface area contributed by atoms with E-state index in [1.165, 1.54) is 4.90 Å². The molecule has 0 spiro atoms. The zero-order valence-corrected chi connectivity index (χ0v) is 12.9. The Hall–Kier alpha value is -1.33. The molecule has 1 heterocycles. The number of nitrogens with zero attached hydrogens (tertiary/aromatic N) is 3. The summed E-state index contributed by atoms with van der Waals surface area (Å²) < 4.78 is 1.99. The van der Waals surface area contributed by atoms with Crippen LogP contribution in [0.2, 0.25) is 0 Å². The second-order valence-electron chi connectivity index (χ2n) is 5.09. The third kappa shape index (κ3) is 4.98. The van der Waals surface area contributed by atoms with Crippen molar-refractivity contribution in [3.63, 3.8) is 0 Å². The van der Waals surface area contributed by atoms with Crippen LogP contribution in [0.1, 0.15) is 19.7 Å². The largest absolute Gasteiger partial charge is 0.309 e. The lowest BCUT2D eigenvalue weighted by molar-refractivity contribution is 0.459. The summed E-state index contributed by atoms with van der Waals surface area (Å²) in [7, 11) is 0. The average molecular weight is 290 g/mol. The lowest BCUT2D eigenvalue weighted by Gasteiger charge is -2.09. The number of hydrogen-bond donors (Lipinski definition) is 1. The minimum absolute atomic E-state index is 0.587. The fourth-order valence-electron chi connectivity index (χ4n) is 1.88. The van der Waals surface area contributed by atoms with E-state index in [0.29, 0.717) is 5.92 Å². The molecule has 2 rings (SSSR count). The van der Waals surface area contributed by atoms with Gasteiger partial charge in [-0.3, -0.25) is 0 Å². The van der Waals surface area contributed by atoms with Crippen LogP contribution >= 0.6 is 11.8 Å². The van der Waals surface area contributed by atoms with E-state index in [0.717, 1.165) is 31.2 Å². The lowest BCUT2D eigenvalue weighted by Crippen LogP contribution is -2.21. The van der Waals surface area contributed by atoms with E-state index in [-0.39, 0.29) is 0 Å². The van der Waals surface area contributed by atoms with Crippen LogP contribution in [-0.2, 0) is 13.1 Å². The van der Waals surface area contributed by atoms with Crippen LogP contribution in [0.4, 0.5) is 0 Å². The van der Waals surface area contributed by atoms with Crippen LogP contribution in [0.15, 0.2) is 41.6 Å². The van der Waals surface area contributed by atoms with Gasteiger partial charge in [0.25, 0.3) is 0 Å². The van der Waals surface area contributed by atoms with Gasteiger partial charge in [-0.05, 0) is 18.1 Å². The van der Waals surface area contributed by atoms with Gasteiger partial charge < -0.3 is 5.32 Å². The molecule has 0 saturated carbocycles. The Morgan fingerprint density at radius 1 is 1.25 bits per heavy atom. The van der Waals surface area contributed by atoms with Crippen LogP contribution in [0.3, 0.4) is 0 Å². The van der Waals surface area contributed by atoms with Crippen molar-refractivity contribution in [2.45, 2.75) is 31.8 Å². The summed E-state index contributed by atoms with van der Waals surface area (Å²) in [4.78, 5) is 5.62. The molecule has 2 aromatic rings. The first-order chi connectivity index (χ1) is 9.75.